The molecule has 2 N–H and O–H groups in total. The summed E-state index contributed by atoms with van der Waals surface area (Å²) in [7, 11) is -3.73. The molecule has 154 valence electrons. The lowest BCUT2D eigenvalue weighted by Crippen LogP contribution is -2.25. The molecule has 0 spiro atoms. The second-order valence-corrected chi connectivity index (χ2v) is 11.0. The SMILES string of the molecule is CSc1cccc(NC(=O)CC(C)S(=O)(=O)c2ccc3c(c2)NC(=O)CCS3)c1. The van der Waals surface area contributed by atoms with E-state index in [4.69, 9.17) is 0 Å². The molecule has 0 saturated carbocycles. The number of amides is 2. The standard InChI is InChI=1S/C20H22N2O4S3/c1-13(10-20(24)21-14-4-3-5-15(11-14)27-2)29(25,26)16-6-7-18-17(12-16)22-19(23)8-9-28-18/h3-7,11-13H,8-10H2,1-2H3,(H,21,24)(H,22,23). The fourth-order valence-corrected chi connectivity index (χ4v) is 5.66. The van der Waals surface area contributed by atoms with Crippen LogP contribution < -0.4 is 10.6 Å². The monoisotopic (exact) mass is 450 g/mol. The van der Waals surface area contributed by atoms with Crippen molar-refractivity contribution < 1.29 is 18.0 Å². The van der Waals surface area contributed by atoms with Crippen molar-refractivity contribution in [3.63, 3.8) is 0 Å². The van der Waals surface area contributed by atoms with E-state index in [0.717, 1.165) is 9.79 Å². The minimum Gasteiger partial charge on any atom is -0.326 e. The van der Waals surface area contributed by atoms with Gasteiger partial charge in [0.15, 0.2) is 9.84 Å². The molecule has 29 heavy (non-hydrogen) atoms. The quantitative estimate of drug-likeness (QED) is 0.646. The molecule has 2 aromatic rings. The van der Waals surface area contributed by atoms with Gasteiger partial charge in [-0.1, -0.05) is 6.07 Å². The normalized spacial score (nSPS) is 15.0. The summed E-state index contributed by atoms with van der Waals surface area (Å²) < 4.78 is 25.9. The fourth-order valence-electron chi connectivity index (χ4n) is 2.89. The van der Waals surface area contributed by atoms with Crippen molar-refractivity contribution in [2.75, 3.05) is 22.6 Å². The lowest BCUT2D eigenvalue weighted by Gasteiger charge is -2.15. The number of fused-ring (bicyclic) bond motifs is 1. The lowest BCUT2D eigenvalue weighted by atomic mass is 10.3. The summed E-state index contributed by atoms with van der Waals surface area (Å²) in [6.07, 6.45) is 2.16. The number of rotatable bonds is 6. The molecular weight excluding hydrogens is 428 g/mol. The third kappa shape index (κ3) is 5.34. The van der Waals surface area contributed by atoms with E-state index in [2.05, 4.69) is 10.6 Å². The van der Waals surface area contributed by atoms with E-state index in [1.807, 2.05) is 24.5 Å². The smallest absolute Gasteiger partial charge is 0.225 e. The number of hydrogen-bond donors (Lipinski definition) is 2. The van der Waals surface area contributed by atoms with Crippen LogP contribution in [0, 0.1) is 0 Å². The number of anilines is 2. The number of benzene rings is 2. The molecule has 2 amide bonds. The molecule has 1 aliphatic heterocycles. The molecule has 1 heterocycles. The molecular formula is C20H22N2O4S3. The summed E-state index contributed by atoms with van der Waals surface area (Å²) in [4.78, 5) is 26.1. The summed E-state index contributed by atoms with van der Waals surface area (Å²) in [5, 5.41) is 4.61. The van der Waals surface area contributed by atoms with E-state index in [1.54, 1.807) is 23.9 Å². The predicted octanol–water partition coefficient (Wildman–Crippen LogP) is 4.03. The van der Waals surface area contributed by atoms with Crippen molar-refractivity contribution in [3.8, 4) is 0 Å². The number of carbonyl (C=O) groups excluding carboxylic acids is 2. The van der Waals surface area contributed by atoms with Gasteiger partial charge in [0, 0.05) is 34.1 Å². The zero-order valence-electron chi connectivity index (χ0n) is 16.1. The van der Waals surface area contributed by atoms with E-state index in [-0.39, 0.29) is 23.1 Å². The first-order valence-electron chi connectivity index (χ1n) is 9.04. The van der Waals surface area contributed by atoms with E-state index >= 15 is 0 Å². The van der Waals surface area contributed by atoms with Crippen molar-refractivity contribution in [3.05, 3.63) is 42.5 Å². The summed E-state index contributed by atoms with van der Waals surface area (Å²) in [5.74, 6) is 0.155. The maximum absolute atomic E-state index is 13.0. The number of hydrogen-bond acceptors (Lipinski definition) is 6. The number of sulfone groups is 1. The van der Waals surface area contributed by atoms with Crippen molar-refractivity contribution in [2.45, 2.75) is 39.7 Å². The Bertz CT molecular complexity index is 1040. The van der Waals surface area contributed by atoms with Crippen molar-refractivity contribution in [1.29, 1.82) is 0 Å². The van der Waals surface area contributed by atoms with Crippen molar-refractivity contribution in [1.82, 2.24) is 0 Å². The molecule has 1 aliphatic rings. The third-order valence-electron chi connectivity index (χ3n) is 4.50. The Morgan fingerprint density at radius 1 is 1.28 bits per heavy atom. The van der Waals surface area contributed by atoms with E-state index in [0.29, 0.717) is 23.5 Å². The minimum atomic E-state index is -3.73. The maximum Gasteiger partial charge on any atom is 0.225 e. The van der Waals surface area contributed by atoms with Gasteiger partial charge in [-0.15, -0.1) is 23.5 Å². The van der Waals surface area contributed by atoms with Crippen LogP contribution in [0.3, 0.4) is 0 Å². The Morgan fingerprint density at radius 3 is 2.83 bits per heavy atom. The van der Waals surface area contributed by atoms with Gasteiger partial charge in [0.1, 0.15) is 0 Å². The van der Waals surface area contributed by atoms with Crippen LogP contribution in [0.2, 0.25) is 0 Å². The van der Waals surface area contributed by atoms with Crippen LogP contribution in [0.4, 0.5) is 11.4 Å². The van der Waals surface area contributed by atoms with Crippen LogP contribution in [0.1, 0.15) is 19.8 Å². The largest absolute Gasteiger partial charge is 0.326 e. The second kappa shape index (κ2) is 9.23. The van der Waals surface area contributed by atoms with Gasteiger partial charge in [-0.05, 0) is 49.6 Å². The summed E-state index contributed by atoms with van der Waals surface area (Å²) >= 11 is 3.07. The molecule has 1 atom stereocenters. The summed E-state index contributed by atoms with van der Waals surface area (Å²) in [6, 6.07) is 12.1. The first kappa shape index (κ1) is 21.7. The van der Waals surface area contributed by atoms with Crippen LogP contribution in [0.5, 0.6) is 0 Å². The Morgan fingerprint density at radius 2 is 2.07 bits per heavy atom. The predicted molar refractivity (Wildman–Crippen MR) is 119 cm³/mol. The number of thioether (sulfide) groups is 2. The lowest BCUT2D eigenvalue weighted by molar-refractivity contribution is -0.116. The van der Waals surface area contributed by atoms with Gasteiger partial charge in [0.25, 0.3) is 0 Å². The van der Waals surface area contributed by atoms with Gasteiger partial charge in [-0.25, -0.2) is 8.42 Å². The van der Waals surface area contributed by atoms with Crippen LogP contribution in [0.25, 0.3) is 0 Å². The highest BCUT2D eigenvalue weighted by Crippen LogP contribution is 2.33. The van der Waals surface area contributed by atoms with E-state index < -0.39 is 15.1 Å². The Balaban J connectivity index is 1.73. The van der Waals surface area contributed by atoms with Gasteiger partial charge in [-0.3, -0.25) is 9.59 Å². The van der Waals surface area contributed by atoms with Gasteiger partial charge < -0.3 is 10.6 Å². The minimum absolute atomic E-state index is 0.101. The molecule has 0 aromatic heterocycles. The Kier molecular flexibility index (Phi) is 6.92. The van der Waals surface area contributed by atoms with Crippen molar-refractivity contribution in [2.24, 2.45) is 0 Å². The second-order valence-electron chi connectivity index (χ2n) is 6.64. The highest BCUT2D eigenvalue weighted by molar-refractivity contribution is 7.99. The van der Waals surface area contributed by atoms with E-state index in [9.17, 15) is 18.0 Å². The van der Waals surface area contributed by atoms with Crippen LogP contribution >= 0.6 is 23.5 Å². The molecule has 0 bridgehead atoms. The molecule has 0 aliphatic carbocycles. The third-order valence-corrected chi connectivity index (χ3v) is 8.43. The average Bonchev–Trinajstić information content (AvgIpc) is 2.87. The average molecular weight is 451 g/mol. The molecule has 3 rings (SSSR count). The van der Waals surface area contributed by atoms with E-state index in [1.165, 1.54) is 30.8 Å². The highest BCUT2D eigenvalue weighted by Gasteiger charge is 2.27. The Hall–Kier alpha value is -1.97. The topological polar surface area (TPSA) is 92.3 Å². The molecule has 6 nitrogen and oxygen atoms in total. The molecule has 0 radical (unpaired) electrons. The van der Waals surface area contributed by atoms with Crippen LogP contribution in [-0.4, -0.2) is 37.5 Å². The Labute approximate surface area is 179 Å². The zero-order valence-corrected chi connectivity index (χ0v) is 18.5. The number of carbonyl (C=O) groups is 2. The van der Waals surface area contributed by atoms with Gasteiger partial charge in [-0.2, -0.15) is 0 Å². The highest BCUT2D eigenvalue weighted by atomic mass is 32.2. The fraction of sp³-hybridized carbons (Fsp3) is 0.300. The maximum atomic E-state index is 13.0. The number of nitrogens with one attached hydrogen (secondary N) is 2. The summed E-state index contributed by atoms with van der Waals surface area (Å²) in [5.41, 5.74) is 1.14. The van der Waals surface area contributed by atoms with Gasteiger partial charge >= 0.3 is 0 Å². The zero-order chi connectivity index (χ0) is 21.0. The first-order valence-corrected chi connectivity index (χ1v) is 12.8. The van der Waals surface area contributed by atoms with Gasteiger partial charge in [0.05, 0.1) is 15.8 Å². The first-order chi connectivity index (χ1) is 13.8. The molecule has 9 heteroatoms. The summed E-state index contributed by atoms with van der Waals surface area (Å²) in [6.45, 7) is 1.52. The molecule has 0 saturated heterocycles. The molecule has 0 fully saturated rings. The van der Waals surface area contributed by atoms with Crippen LogP contribution in [-0.2, 0) is 19.4 Å². The van der Waals surface area contributed by atoms with Crippen LogP contribution in [0.15, 0.2) is 57.2 Å². The van der Waals surface area contributed by atoms with Gasteiger partial charge in [0.2, 0.25) is 11.8 Å². The molecule has 2 aromatic carbocycles. The molecule has 1 unspecified atom stereocenters. The van der Waals surface area contributed by atoms with Crippen molar-refractivity contribution >= 4 is 56.6 Å².